The number of halogens is 1. The van der Waals surface area contributed by atoms with E-state index in [1.807, 2.05) is 0 Å². The summed E-state index contributed by atoms with van der Waals surface area (Å²) in [4.78, 5) is 6.69. The van der Waals surface area contributed by atoms with Gasteiger partial charge in [0.05, 0.1) is 29.7 Å². The molecule has 22 heavy (non-hydrogen) atoms. The zero-order valence-electron chi connectivity index (χ0n) is 13.4. The number of hydrogen-bond donors (Lipinski definition) is 1. The zero-order chi connectivity index (χ0) is 14.2. The van der Waals surface area contributed by atoms with Gasteiger partial charge in [0.1, 0.15) is 5.69 Å². The summed E-state index contributed by atoms with van der Waals surface area (Å²) in [6.45, 7) is 4.99. The van der Waals surface area contributed by atoms with Crippen molar-refractivity contribution in [2.24, 2.45) is 5.92 Å². The van der Waals surface area contributed by atoms with Gasteiger partial charge in [-0.05, 0) is 56.6 Å². The van der Waals surface area contributed by atoms with Crippen LogP contribution in [-0.2, 0) is 12.8 Å². The Balaban J connectivity index is 0.00000144. The molecular weight excluding hydrogens is 292 g/mol. The van der Waals surface area contributed by atoms with E-state index in [2.05, 4.69) is 31.2 Å². The lowest BCUT2D eigenvalue weighted by molar-refractivity contribution is -0.839. The monoisotopic (exact) mass is 316 g/mol. The number of pyridine rings is 1. The number of para-hydroxylation sites is 1. The number of hydrogen-bond acceptors (Lipinski definition) is 1. The third-order valence-corrected chi connectivity index (χ3v) is 5.40. The molecule has 2 aliphatic rings. The van der Waals surface area contributed by atoms with E-state index < -0.39 is 0 Å². The van der Waals surface area contributed by atoms with Gasteiger partial charge in [-0.3, -0.25) is 4.98 Å². The lowest BCUT2D eigenvalue weighted by Gasteiger charge is -2.30. The average molecular weight is 317 g/mol. The predicted octanol–water partition coefficient (Wildman–Crippen LogP) is 0.0639. The highest BCUT2D eigenvalue weighted by atomic mass is 35.5. The van der Waals surface area contributed by atoms with Crippen LogP contribution in [0.2, 0.25) is 0 Å². The van der Waals surface area contributed by atoms with Crippen molar-refractivity contribution in [2.45, 2.75) is 45.4 Å². The molecule has 0 bridgehead atoms. The summed E-state index contributed by atoms with van der Waals surface area (Å²) in [5.74, 6) is 0.901. The van der Waals surface area contributed by atoms with Crippen LogP contribution in [0.3, 0.4) is 0 Å². The van der Waals surface area contributed by atoms with Crippen LogP contribution < -0.4 is 17.3 Å². The standard InChI is InChI=1S/C19H24N2.ClH/c1-14-10-12-21(13-11-14)19-15-6-2-4-8-17(15)20-18-9-5-3-7-16(18)19;/h2,4,6,8,14H,3,5,7,9-13H2,1H3;1H. The molecule has 3 heteroatoms. The van der Waals surface area contributed by atoms with E-state index in [4.69, 9.17) is 4.98 Å². The van der Waals surface area contributed by atoms with Crippen LogP contribution in [0.4, 0.5) is 5.69 Å². The molecule has 0 saturated carbocycles. The highest BCUT2D eigenvalue weighted by Crippen LogP contribution is 2.31. The van der Waals surface area contributed by atoms with Crippen molar-refractivity contribution in [3.63, 3.8) is 0 Å². The van der Waals surface area contributed by atoms with Crippen molar-refractivity contribution in [3.8, 4) is 0 Å². The SMILES string of the molecule is CC1CC[NH+](c2c3c(nc4ccccc24)CCCC3)CC1.[Cl-]. The van der Waals surface area contributed by atoms with E-state index in [1.165, 1.54) is 68.2 Å². The van der Waals surface area contributed by atoms with Crippen LogP contribution >= 0.6 is 0 Å². The second-order valence-corrected chi connectivity index (χ2v) is 6.92. The molecule has 0 unspecified atom stereocenters. The topological polar surface area (TPSA) is 17.3 Å². The third kappa shape index (κ3) is 2.75. The molecular formula is C19H25ClN2. The number of aryl methyl sites for hydroxylation is 1. The minimum Gasteiger partial charge on any atom is -1.00 e. The van der Waals surface area contributed by atoms with Gasteiger partial charge < -0.3 is 17.3 Å². The van der Waals surface area contributed by atoms with E-state index in [0.29, 0.717) is 0 Å². The Morgan fingerprint density at radius 3 is 2.59 bits per heavy atom. The van der Waals surface area contributed by atoms with Gasteiger partial charge >= 0.3 is 0 Å². The average Bonchev–Trinajstić information content (AvgIpc) is 2.53. The maximum Gasteiger partial charge on any atom is 0.145 e. The molecule has 1 N–H and O–H groups in total. The molecule has 2 aromatic rings. The van der Waals surface area contributed by atoms with Crippen molar-refractivity contribution >= 4 is 16.6 Å². The lowest BCUT2D eigenvalue weighted by atomic mass is 9.90. The first kappa shape index (κ1) is 15.8. The molecule has 1 aromatic carbocycles. The van der Waals surface area contributed by atoms with Crippen LogP contribution in [0, 0.1) is 5.92 Å². The van der Waals surface area contributed by atoms with E-state index in [9.17, 15) is 0 Å². The molecule has 118 valence electrons. The van der Waals surface area contributed by atoms with Crippen LogP contribution in [0.1, 0.15) is 43.9 Å². The minimum absolute atomic E-state index is 0. The summed E-state index contributed by atoms with van der Waals surface area (Å²) >= 11 is 0. The summed E-state index contributed by atoms with van der Waals surface area (Å²) in [6.07, 6.45) is 7.79. The van der Waals surface area contributed by atoms with Crippen molar-refractivity contribution in [1.82, 2.24) is 4.98 Å². The summed E-state index contributed by atoms with van der Waals surface area (Å²) in [6, 6.07) is 8.79. The Morgan fingerprint density at radius 2 is 1.77 bits per heavy atom. The summed E-state index contributed by atoms with van der Waals surface area (Å²) in [7, 11) is 0. The Labute approximate surface area is 139 Å². The molecule has 1 fully saturated rings. The van der Waals surface area contributed by atoms with Gasteiger partial charge in [0.2, 0.25) is 0 Å². The van der Waals surface area contributed by atoms with Crippen molar-refractivity contribution in [2.75, 3.05) is 13.1 Å². The molecule has 0 spiro atoms. The summed E-state index contributed by atoms with van der Waals surface area (Å²) in [5.41, 5.74) is 5.78. The van der Waals surface area contributed by atoms with Crippen molar-refractivity contribution in [1.29, 1.82) is 0 Å². The third-order valence-electron chi connectivity index (χ3n) is 5.40. The normalized spacial score (nSPS) is 24.6. The van der Waals surface area contributed by atoms with Gasteiger partial charge in [-0.15, -0.1) is 0 Å². The number of benzene rings is 1. The highest BCUT2D eigenvalue weighted by molar-refractivity contribution is 5.89. The summed E-state index contributed by atoms with van der Waals surface area (Å²) < 4.78 is 0. The smallest absolute Gasteiger partial charge is 0.145 e. The summed E-state index contributed by atoms with van der Waals surface area (Å²) in [5, 5.41) is 1.41. The first-order valence-corrected chi connectivity index (χ1v) is 8.58. The molecule has 0 radical (unpaired) electrons. The van der Waals surface area contributed by atoms with Gasteiger partial charge in [-0.2, -0.15) is 0 Å². The van der Waals surface area contributed by atoms with Crippen LogP contribution in [0.15, 0.2) is 24.3 Å². The van der Waals surface area contributed by atoms with Gasteiger partial charge in [0.25, 0.3) is 0 Å². The molecule has 1 aromatic heterocycles. The molecule has 1 aliphatic heterocycles. The zero-order valence-corrected chi connectivity index (χ0v) is 14.1. The van der Waals surface area contributed by atoms with Crippen LogP contribution in [0.25, 0.3) is 10.9 Å². The number of nitrogens with zero attached hydrogens (tertiary/aromatic N) is 1. The van der Waals surface area contributed by atoms with Crippen LogP contribution in [-0.4, -0.2) is 18.1 Å². The molecule has 4 rings (SSSR count). The van der Waals surface area contributed by atoms with E-state index in [1.54, 1.807) is 16.2 Å². The van der Waals surface area contributed by atoms with Gasteiger partial charge in [-0.1, -0.05) is 19.1 Å². The molecule has 1 saturated heterocycles. The minimum atomic E-state index is 0. The molecule has 2 nitrogen and oxygen atoms in total. The highest BCUT2D eigenvalue weighted by Gasteiger charge is 2.28. The fourth-order valence-electron chi connectivity index (χ4n) is 4.14. The number of piperidine rings is 1. The maximum absolute atomic E-state index is 4.97. The van der Waals surface area contributed by atoms with Gasteiger partial charge in [0, 0.05) is 5.56 Å². The molecule has 0 amide bonds. The fourth-order valence-corrected chi connectivity index (χ4v) is 4.14. The largest absolute Gasteiger partial charge is 1.00 e. The van der Waals surface area contributed by atoms with Crippen LogP contribution in [0.5, 0.6) is 0 Å². The van der Waals surface area contributed by atoms with Crippen molar-refractivity contribution < 1.29 is 17.3 Å². The molecule has 2 heterocycles. The maximum atomic E-state index is 4.97. The Bertz CT molecular complexity index is 660. The first-order valence-electron chi connectivity index (χ1n) is 8.58. The lowest BCUT2D eigenvalue weighted by Crippen LogP contribution is -3.08. The quantitative estimate of drug-likeness (QED) is 0.788. The Morgan fingerprint density at radius 1 is 1.05 bits per heavy atom. The number of nitrogens with one attached hydrogen (secondary N) is 1. The second kappa shape index (κ2) is 6.55. The number of fused-ring (bicyclic) bond motifs is 2. The number of aromatic nitrogens is 1. The Kier molecular flexibility index (Phi) is 4.70. The first-order chi connectivity index (χ1) is 10.3. The number of quaternary nitrogens is 1. The molecule has 0 atom stereocenters. The second-order valence-electron chi connectivity index (χ2n) is 6.92. The van der Waals surface area contributed by atoms with Gasteiger partial charge in [-0.25, -0.2) is 0 Å². The molecule has 1 aliphatic carbocycles. The Hall–Kier alpha value is -1.12. The van der Waals surface area contributed by atoms with E-state index in [0.717, 1.165) is 5.92 Å². The van der Waals surface area contributed by atoms with Gasteiger partial charge in [0.15, 0.2) is 0 Å². The number of rotatable bonds is 1. The van der Waals surface area contributed by atoms with Crippen molar-refractivity contribution in [3.05, 3.63) is 35.5 Å². The fraction of sp³-hybridized carbons (Fsp3) is 0.526. The van der Waals surface area contributed by atoms with E-state index >= 15 is 0 Å². The van der Waals surface area contributed by atoms with E-state index in [-0.39, 0.29) is 12.4 Å². The predicted molar refractivity (Wildman–Crippen MR) is 87.1 cm³/mol.